The molecule has 9 heteroatoms. The van der Waals surface area contributed by atoms with Crippen LogP contribution in [0.4, 0.5) is 0 Å². The number of benzene rings is 1. The van der Waals surface area contributed by atoms with E-state index in [1.54, 1.807) is 18.2 Å². The molecule has 1 aromatic rings. The van der Waals surface area contributed by atoms with Gasteiger partial charge in [0.15, 0.2) is 9.84 Å². The molecule has 2 aliphatic heterocycles. The molecule has 2 aliphatic rings. The standard InChI is InChI=1S/C15H16ClNO6S/c16-10-1-2-11-9(5-10)7-23-13(11)6-14(18)17-3-4-24(21,22)8-12(17)15(19)20/h1-2,5,12-13H,3-4,6-8H2,(H,19,20). The Morgan fingerprint density at radius 2 is 2.12 bits per heavy atom. The highest BCUT2D eigenvalue weighted by Crippen LogP contribution is 2.35. The maximum Gasteiger partial charge on any atom is 0.327 e. The van der Waals surface area contributed by atoms with Crippen LogP contribution in [0.2, 0.25) is 5.02 Å². The third-order valence-electron chi connectivity index (χ3n) is 4.29. The molecule has 0 spiro atoms. The number of carbonyl (C=O) groups is 2. The lowest BCUT2D eigenvalue weighted by molar-refractivity contribution is -0.150. The first-order chi connectivity index (χ1) is 11.3. The fourth-order valence-corrected chi connectivity index (χ4v) is 4.69. The normalized spacial score (nSPS) is 25.3. The van der Waals surface area contributed by atoms with E-state index in [1.807, 2.05) is 0 Å². The summed E-state index contributed by atoms with van der Waals surface area (Å²) in [6, 6.07) is 3.93. The van der Waals surface area contributed by atoms with Crippen LogP contribution in [0.15, 0.2) is 18.2 Å². The van der Waals surface area contributed by atoms with Gasteiger partial charge in [-0.2, -0.15) is 0 Å². The molecule has 1 N–H and O–H groups in total. The summed E-state index contributed by atoms with van der Waals surface area (Å²) in [6.45, 7) is 0.225. The van der Waals surface area contributed by atoms with Gasteiger partial charge in [-0.05, 0) is 23.3 Å². The van der Waals surface area contributed by atoms with E-state index in [4.69, 9.17) is 16.3 Å². The van der Waals surface area contributed by atoms with Gasteiger partial charge in [0.25, 0.3) is 0 Å². The second-order valence-electron chi connectivity index (χ2n) is 5.90. The lowest BCUT2D eigenvalue weighted by atomic mass is 10.0. The number of nitrogens with zero attached hydrogens (tertiary/aromatic N) is 1. The third kappa shape index (κ3) is 3.40. The third-order valence-corrected chi connectivity index (χ3v) is 6.15. The summed E-state index contributed by atoms with van der Waals surface area (Å²) in [4.78, 5) is 25.0. The van der Waals surface area contributed by atoms with Gasteiger partial charge in [0, 0.05) is 11.6 Å². The SMILES string of the molecule is O=C(O)C1CS(=O)(=O)CCN1C(=O)CC1OCc2cc(Cl)ccc21. The quantitative estimate of drug-likeness (QED) is 0.848. The zero-order chi connectivity index (χ0) is 17.5. The van der Waals surface area contributed by atoms with Crippen LogP contribution in [0.1, 0.15) is 23.7 Å². The van der Waals surface area contributed by atoms with Crippen molar-refractivity contribution in [3.05, 3.63) is 34.3 Å². The van der Waals surface area contributed by atoms with Crippen molar-refractivity contribution in [2.75, 3.05) is 18.1 Å². The first-order valence-corrected chi connectivity index (χ1v) is 9.59. The summed E-state index contributed by atoms with van der Waals surface area (Å²) in [5.74, 6) is -2.51. The van der Waals surface area contributed by atoms with E-state index in [1.165, 1.54) is 0 Å². The highest BCUT2D eigenvalue weighted by atomic mass is 35.5. The number of amides is 1. The van der Waals surface area contributed by atoms with Gasteiger partial charge in [-0.3, -0.25) is 4.79 Å². The maximum absolute atomic E-state index is 12.5. The monoisotopic (exact) mass is 373 g/mol. The van der Waals surface area contributed by atoms with E-state index in [0.717, 1.165) is 16.0 Å². The summed E-state index contributed by atoms with van der Waals surface area (Å²) < 4.78 is 28.9. The minimum Gasteiger partial charge on any atom is -0.480 e. The van der Waals surface area contributed by atoms with Crippen LogP contribution in [-0.2, 0) is 30.8 Å². The average molecular weight is 374 g/mol. The largest absolute Gasteiger partial charge is 0.480 e. The number of ether oxygens (including phenoxy) is 1. The predicted molar refractivity (Wildman–Crippen MR) is 85.4 cm³/mol. The van der Waals surface area contributed by atoms with Gasteiger partial charge in [-0.15, -0.1) is 0 Å². The fourth-order valence-electron chi connectivity index (χ4n) is 3.05. The molecule has 130 valence electrons. The number of carboxylic acids is 1. The molecule has 0 saturated carbocycles. The maximum atomic E-state index is 12.5. The molecular formula is C15H16ClNO6S. The van der Waals surface area contributed by atoms with Crippen molar-refractivity contribution in [2.45, 2.75) is 25.2 Å². The molecule has 0 radical (unpaired) electrons. The molecule has 1 aromatic carbocycles. The minimum absolute atomic E-state index is 0.0293. The van der Waals surface area contributed by atoms with Crippen LogP contribution in [0.3, 0.4) is 0 Å². The Kier molecular flexibility index (Phi) is 4.54. The van der Waals surface area contributed by atoms with Crippen molar-refractivity contribution >= 4 is 33.3 Å². The zero-order valence-corrected chi connectivity index (χ0v) is 14.2. The molecule has 2 unspecified atom stereocenters. The lowest BCUT2D eigenvalue weighted by Gasteiger charge is -2.33. The summed E-state index contributed by atoms with van der Waals surface area (Å²) in [7, 11) is -3.44. The number of fused-ring (bicyclic) bond motifs is 1. The Morgan fingerprint density at radius 1 is 1.38 bits per heavy atom. The topological polar surface area (TPSA) is 101 Å². The van der Waals surface area contributed by atoms with Gasteiger partial charge in [0.2, 0.25) is 5.91 Å². The van der Waals surface area contributed by atoms with Gasteiger partial charge < -0.3 is 14.7 Å². The van der Waals surface area contributed by atoms with Crippen molar-refractivity contribution in [2.24, 2.45) is 0 Å². The summed E-state index contributed by atoms with van der Waals surface area (Å²) >= 11 is 5.93. The predicted octanol–water partition coefficient (Wildman–Crippen LogP) is 1.01. The number of hydrogen-bond acceptors (Lipinski definition) is 5. The number of rotatable bonds is 3. The van der Waals surface area contributed by atoms with Gasteiger partial charge >= 0.3 is 5.97 Å². The molecule has 3 rings (SSSR count). The molecule has 1 amide bonds. The zero-order valence-electron chi connectivity index (χ0n) is 12.6. The van der Waals surface area contributed by atoms with E-state index in [0.29, 0.717) is 11.6 Å². The Hall–Kier alpha value is -1.64. The molecule has 24 heavy (non-hydrogen) atoms. The van der Waals surface area contributed by atoms with Crippen molar-refractivity contribution in [3.8, 4) is 0 Å². The second kappa shape index (κ2) is 6.34. The summed E-state index contributed by atoms with van der Waals surface area (Å²) in [5, 5.41) is 9.81. The van der Waals surface area contributed by atoms with Crippen LogP contribution >= 0.6 is 11.6 Å². The van der Waals surface area contributed by atoms with Crippen LogP contribution in [0.5, 0.6) is 0 Å². The Morgan fingerprint density at radius 3 is 2.83 bits per heavy atom. The Labute approximate surface area is 144 Å². The Balaban J connectivity index is 1.75. The van der Waals surface area contributed by atoms with Crippen LogP contribution in [-0.4, -0.2) is 54.4 Å². The lowest BCUT2D eigenvalue weighted by Crippen LogP contribution is -2.54. The highest BCUT2D eigenvalue weighted by Gasteiger charge is 2.39. The van der Waals surface area contributed by atoms with Crippen LogP contribution < -0.4 is 0 Å². The van der Waals surface area contributed by atoms with E-state index >= 15 is 0 Å². The molecule has 1 fully saturated rings. The second-order valence-corrected chi connectivity index (χ2v) is 8.57. The molecule has 1 saturated heterocycles. The molecule has 0 aromatic heterocycles. The molecule has 0 aliphatic carbocycles. The van der Waals surface area contributed by atoms with Gasteiger partial charge in [-0.1, -0.05) is 17.7 Å². The number of sulfone groups is 1. The number of aliphatic carboxylic acids is 1. The van der Waals surface area contributed by atoms with Gasteiger partial charge in [-0.25, -0.2) is 13.2 Å². The Bertz CT molecular complexity index is 793. The number of carboxylic acid groups (broad SMARTS) is 1. The number of halogens is 1. The van der Waals surface area contributed by atoms with Crippen molar-refractivity contribution in [1.82, 2.24) is 4.90 Å². The molecule has 2 atom stereocenters. The van der Waals surface area contributed by atoms with E-state index in [9.17, 15) is 23.1 Å². The molecule has 0 bridgehead atoms. The van der Waals surface area contributed by atoms with Crippen LogP contribution in [0, 0.1) is 0 Å². The van der Waals surface area contributed by atoms with Gasteiger partial charge in [0.05, 0.1) is 30.6 Å². The first-order valence-electron chi connectivity index (χ1n) is 7.39. The molecular weight excluding hydrogens is 358 g/mol. The minimum atomic E-state index is -3.44. The average Bonchev–Trinajstić information content (AvgIpc) is 2.88. The van der Waals surface area contributed by atoms with Crippen LogP contribution in [0.25, 0.3) is 0 Å². The molecule has 2 heterocycles. The summed E-state index contributed by atoms with van der Waals surface area (Å²) in [5.41, 5.74) is 1.75. The van der Waals surface area contributed by atoms with Crippen molar-refractivity contribution in [3.63, 3.8) is 0 Å². The van der Waals surface area contributed by atoms with Crippen molar-refractivity contribution in [1.29, 1.82) is 0 Å². The van der Waals surface area contributed by atoms with Gasteiger partial charge in [0.1, 0.15) is 6.04 Å². The smallest absolute Gasteiger partial charge is 0.327 e. The van der Waals surface area contributed by atoms with E-state index in [-0.39, 0.29) is 18.7 Å². The molecule has 7 nitrogen and oxygen atoms in total. The number of carbonyl (C=O) groups excluding carboxylic acids is 1. The fraction of sp³-hybridized carbons (Fsp3) is 0.467. The first kappa shape index (κ1) is 17.2. The van der Waals surface area contributed by atoms with E-state index in [2.05, 4.69) is 0 Å². The number of hydrogen-bond donors (Lipinski definition) is 1. The highest BCUT2D eigenvalue weighted by molar-refractivity contribution is 7.91. The van der Waals surface area contributed by atoms with Crippen molar-refractivity contribution < 1.29 is 27.9 Å². The van der Waals surface area contributed by atoms with E-state index < -0.39 is 39.6 Å². The summed E-state index contributed by atoms with van der Waals surface area (Å²) in [6.07, 6.45) is -0.504.